The molecule has 1 heterocycles. The molecule has 0 aliphatic carbocycles. The number of aryl methyl sites for hydroxylation is 1. The zero-order chi connectivity index (χ0) is 16.1. The van der Waals surface area contributed by atoms with Gasteiger partial charge < -0.3 is 14.7 Å². The maximum Gasteiger partial charge on any atom is 0.256 e. The Kier molecular flexibility index (Phi) is 5.16. The summed E-state index contributed by atoms with van der Waals surface area (Å²) in [5.41, 5.74) is 1.45. The number of hydrogen-bond donors (Lipinski definition) is 1. The molecule has 1 aromatic carbocycles. The molecule has 1 amide bonds. The lowest BCUT2D eigenvalue weighted by Crippen LogP contribution is -2.34. The van der Waals surface area contributed by atoms with Crippen LogP contribution in [0.2, 0.25) is 0 Å². The van der Waals surface area contributed by atoms with Crippen LogP contribution in [0.4, 0.5) is 0 Å². The first-order chi connectivity index (χ1) is 10.5. The summed E-state index contributed by atoms with van der Waals surface area (Å²) in [6, 6.07) is 6.90. The number of aliphatic hydroxyl groups excluding tert-OH is 1. The highest BCUT2D eigenvalue weighted by atomic mass is 16.5. The fourth-order valence-electron chi connectivity index (χ4n) is 2.25. The van der Waals surface area contributed by atoms with Crippen molar-refractivity contribution in [3.05, 3.63) is 47.8 Å². The summed E-state index contributed by atoms with van der Waals surface area (Å²) in [5, 5.41) is 14.4. The Morgan fingerprint density at radius 3 is 2.86 bits per heavy atom. The van der Waals surface area contributed by atoms with Crippen molar-refractivity contribution >= 4 is 5.91 Å². The van der Waals surface area contributed by atoms with Gasteiger partial charge in [0.05, 0.1) is 13.3 Å². The molecule has 6 nitrogen and oxygen atoms in total. The topological polar surface area (TPSA) is 67.6 Å². The lowest BCUT2D eigenvalue weighted by atomic mass is 10.1. The molecule has 6 heteroatoms. The predicted molar refractivity (Wildman–Crippen MR) is 82.3 cm³/mol. The van der Waals surface area contributed by atoms with E-state index in [0.717, 1.165) is 5.56 Å². The molecule has 0 saturated carbocycles. The largest absolute Gasteiger partial charge is 0.497 e. The van der Waals surface area contributed by atoms with Gasteiger partial charge in [-0.05, 0) is 24.6 Å². The maximum atomic E-state index is 12.5. The average molecular weight is 303 g/mol. The van der Waals surface area contributed by atoms with Gasteiger partial charge >= 0.3 is 0 Å². The quantitative estimate of drug-likeness (QED) is 0.878. The lowest BCUT2D eigenvalue weighted by molar-refractivity contribution is -0.141. The Morgan fingerprint density at radius 1 is 1.50 bits per heavy atom. The van der Waals surface area contributed by atoms with Crippen molar-refractivity contribution in [1.82, 2.24) is 14.7 Å². The molecule has 0 spiro atoms. The van der Waals surface area contributed by atoms with Gasteiger partial charge in [-0.15, -0.1) is 0 Å². The minimum absolute atomic E-state index is 0.334. The number of carbonyl (C=O) groups excluding carboxylic acids is 1. The van der Waals surface area contributed by atoms with Gasteiger partial charge in [0.2, 0.25) is 0 Å². The molecular weight excluding hydrogens is 282 g/mol. The second-order valence-corrected chi connectivity index (χ2v) is 5.05. The van der Waals surface area contributed by atoms with Crippen molar-refractivity contribution in [3.8, 4) is 5.75 Å². The van der Waals surface area contributed by atoms with Gasteiger partial charge in [0.15, 0.2) is 6.10 Å². The van der Waals surface area contributed by atoms with Gasteiger partial charge in [-0.3, -0.25) is 9.48 Å². The summed E-state index contributed by atoms with van der Waals surface area (Å²) >= 11 is 0. The maximum absolute atomic E-state index is 12.5. The van der Waals surface area contributed by atoms with Crippen molar-refractivity contribution in [2.75, 3.05) is 13.7 Å². The average Bonchev–Trinajstić information content (AvgIpc) is 2.96. The van der Waals surface area contributed by atoms with Crippen molar-refractivity contribution in [2.24, 2.45) is 7.05 Å². The molecule has 1 N–H and O–H groups in total. The van der Waals surface area contributed by atoms with E-state index in [0.29, 0.717) is 24.4 Å². The molecule has 2 aromatic rings. The third-order valence-corrected chi connectivity index (χ3v) is 3.47. The van der Waals surface area contributed by atoms with E-state index in [2.05, 4.69) is 5.10 Å². The first-order valence-corrected chi connectivity index (χ1v) is 7.13. The van der Waals surface area contributed by atoms with Crippen molar-refractivity contribution in [2.45, 2.75) is 19.6 Å². The number of hydrogen-bond acceptors (Lipinski definition) is 4. The second-order valence-electron chi connectivity index (χ2n) is 5.05. The molecule has 2 rings (SSSR count). The van der Waals surface area contributed by atoms with E-state index in [1.807, 2.05) is 20.2 Å². The molecule has 0 radical (unpaired) electrons. The van der Waals surface area contributed by atoms with Gasteiger partial charge in [-0.2, -0.15) is 5.10 Å². The SMILES string of the molecule is CCN(Cc1cnn(C)c1)C(=O)C(O)c1cccc(OC)c1. The van der Waals surface area contributed by atoms with E-state index in [9.17, 15) is 9.90 Å². The summed E-state index contributed by atoms with van der Waals surface area (Å²) < 4.78 is 6.81. The monoisotopic (exact) mass is 303 g/mol. The van der Waals surface area contributed by atoms with Gasteiger partial charge in [0, 0.05) is 31.9 Å². The molecule has 0 aliphatic rings. The summed E-state index contributed by atoms with van der Waals surface area (Å²) in [6.45, 7) is 2.81. The Balaban J connectivity index is 2.12. The van der Waals surface area contributed by atoms with E-state index in [-0.39, 0.29) is 5.91 Å². The molecule has 22 heavy (non-hydrogen) atoms. The predicted octanol–water partition coefficient (Wildman–Crippen LogP) is 1.51. The van der Waals surface area contributed by atoms with Crippen LogP contribution in [0, 0.1) is 0 Å². The number of methoxy groups -OCH3 is 1. The van der Waals surface area contributed by atoms with Crippen LogP contribution in [0.25, 0.3) is 0 Å². The van der Waals surface area contributed by atoms with Crippen molar-refractivity contribution in [3.63, 3.8) is 0 Å². The number of ether oxygens (including phenoxy) is 1. The fraction of sp³-hybridized carbons (Fsp3) is 0.375. The third-order valence-electron chi connectivity index (χ3n) is 3.47. The number of likely N-dealkylation sites (N-methyl/N-ethyl adjacent to an activating group) is 1. The van der Waals surface area contributed by atoms with Crippen LogP contribution in [-0.4, -0.2) is 39.3 Å². The van der Waals surface area contributed by atoms with E-state index in [1.165, 1.54) is 0 Å². The standard InChI is InChI=1S/C16H21N3O3/c1-4-19(11-12-9-17-18(2)10-12)16(21)15(20)13-6-5-7-14(8-13)22-3/h5-10,15,20H,4,11H2,1-3H3. The second kappa shape index (κ2) is 7.09. The van der Waals surface area contributed by atoms with Crippen molar-refractivity contribution in [1.29, 1.82) is 0 Å². The number of amides is 1. The molecule has 0 saturated heterocycles. The van der Waals surface area contributed by atoms with Crippen LogP contribution in [-0.2, 0) is 18.4 Å². The molecule has 0 aliphatic heterocycles. The Labute approximate surface area is 129 Å². The minimum atomic E-state index is -1.20. The zero-order valence-electron chi connectivity index (χ0n) is 13.1. The van der Waals surface area contributed by atoms with Gasteiger partial charge in [-0.25, -0.2) is 0 Å². The van der Waals surface area contributed by atoms with Gasteiger partial charge in [0.25, 0.3) is 5.91 Å². The Hall–Kier alpha value is -2.34. The molecule has 1 atom stereocenters. The summed E-state index contributed by atoms with van der Waals surface area (Å²) in [5.74, 6) is 0.277. The molecular formula is C16H21N3O3. The van der Waals surface area contributed by atoms with Crippen LogP contribution < -0.4 is 4.74 Å². The lowest BCUT2D eigenvalue weighted by Gasteiger charge is -2.23. The Morgan fingerprint density at radius 2 is 2.27 bits per heavy atom. The van der Waals surface area contributed by atoms with E-state index in [4.69, 9.17) is 4.74 Å². The van der Waals surface area contributed by atoms with E-state index in [1.54, 1.807) is 47.2 Å². The van der Waals surface area contributed by atoms with Crippen molar-refractivity contribution < 1.29 is 14.6 Å². The minimum Gasteiger partial charge on any atom is -0.497 e. The van der Waals surface area contributed by atoms with Crippen LogP contribution in [0.15, 0.2) is 36.7 Å². The smallest absolute Gasteiger partial charge is 0.256 e. The number of carbonyl (C=O) groups is 1. The Bertz CT molecular complexity index is 639. The number of aliphatic hydroxyl groups is 1. The highest BCUT2D eigenvalue weighted by Crippen LogP contribution is 2.21. The molecule has 1 aromatic heterocycles. The zero-order valence-corrected chi connectivity index (χ0v) is 13.1. The molecule has 0 bridgehead atoms. The summed E-state index contributed by atoms with van der Waals surface area (Å²) in [7, 11) is 3.38. The van der Waals surface area contributed by atoms with Crippen LogP contribution in [0.5, 0.6) is 5.75 Å². The molecule has 1 unspecified atom stereocenters. The van der Waals surface area contributed by atoms with Crippen LogP contribution in [0.1, 0.15) is 24.2 Å². The van der Waals surface area contributed by atoms with Gasteiger partial charge in [-0.1, -0.05) is 12.1 Å². The third kappa shape index (κ3) is 3.65. The molecule has 0 fully saturated rings. The molecule has 118 valence electrons. The highest BCUT2D eigenvalue weighted by Gasteiger charge is 2.23. The number of nitrogens with zero attached hydrogens (tertiary/aromatic N) is 3. The number of aromatic nitrogens is 2. The highest BCUT2D eigenvalue weighted by molar-refractivity contribution is 5.82. The first-order valence-electron chi connectivity index (χ1n) is 7.13. The normalized spacial score (nSPS) is 12.0. The summed E-state index contributed by atoms with van der Waals surface area (Å²) in [6.07, 6.45) is 2.37. The number of rotatable bonds is 6. The van der Waals surface area contributed by atoms with E-state index >= 15 is 0 Å². The van der Waals surface area contributed by atoms with Crippen LogP contribution in [0.3, 0.4) is 0 Å². The summed E-state index contributed by atoms with van der Waals surface area (Å²) in [4.78, 5) is 14.1. The first kappa shape index (κ1) is 16.0. The fourth-order valence-corrected chi connectivity index (χ4v) is 2.25. The van der Waals surface area contributed by atoms with Gasteiger partial charge in [0.1, 0.15) is 5.75 Å². The van der Waals surface area contributed by atoms with E-state index < -0.39 is 6.10 Å². The number of benzene rings is 1. The van der Waals surface area contributed by atoms with Crippen LogP contribution >= 0.6 is 0 Å².